The first-order valence-corrected chi connectivity index (χ1v) is 6.46. The van der Waals surface area contributed by atoms with E-state index in [1.54, 1.807) is 6.92 Å². The monoisotopic (exact) mass is 276 g/mol. The van der Waals surface area contributed by atoms with Gasteiger partial charge in [0.25, 0.3) is 5.56 Å². The minimum atomic E-state index is -0.122. The van der Waals surface area contributed by atoms with Crippen LogP contribution in [0.25, 0.3) is 10.9 Å². The number of hydrogen-bond donors (Lipinski definition) is 2. The predicted octanol–water partition coefficient (Wildman–Crippen LogP) is 1.30. The lowest BCUT2D eigenvalue weighted by Crippen LogP contribution is -2.34. The molecule has 2 rings (SSSR count). The quantitative estimate of drug-likeness (QED) is 0.826. The summed E-state index contributed by atoms with van der Waals surface area (Å²) in [6, 6.07) is 5.62. The fraction of sp³-hybridized carbons (Fsp3) is 0.308. The second-order valence-corrected chi connectivity index (χ2v) is 4.77. The Labute approximate surface area is 116 Å². The van der Waals surface area contributed by atoms with Gasteiger partial charge in [-0.2, -0.15) is 0 Å². The molecule has 1 aromatic carbocycles. The SMILES string of the molecule is CCN(Cc1ccc2nc(C)[nH]c(=O)c2c1)C(N)=S. The maximum absolute atomic E-state index is 11.9. The average molecular weight is 276 g/mol. The van der Waals surface area contributed by atoms with Crippen LogP contribution in [0.2, 0.25) is 0 Å². The molecule has 0 fully saturated rings. The van der Waals surface area contributed by atoms with Crippen molar-refractivity contribution in [1.29, 1.82) is 0 Å². The van der Waals surface area contributed by atoms with Gasteiger partial charge in [0.05, 0.1) is 10.9 Å². The van der Waals surface area contributed by atoms with E-state index in [1.807, 2.05) is 30.0 Å². The zero-order valence-electron chi connectivity index (χ0n) is 10.9. The number of H-pyrrole nitrogens is 1. The molecule has 0 radical (unpaired) electrons. The number of aromatic nitrogens is 2. The molecular weight excluding hydrogens is 260 g/mol. The summed E-state index contributed by atoms with van der Waals surface area (Å²) in [7, 11) is 0. The molecule has 0 unspecified atom stereocenters. The summed E-state index contributed by atoms with van der Waals surface area (Å²) in [5.74, 6) is 0.614. The van der Waals surface area contributed by atoms with Gasteiger partial charge in [0.2, 0.25) is 0 Å². The largest absolute Gasteiger partial charge is 0.376 e. The molecule has 3 N–H and O–H groups in total. The Kier molecular flexibility index (Phi) is 3.80. The average Bonchev–Trinajstić information content (AvgIpc) is 2.35. The van der Waals surface area contributed by atoms with Gasteiger partial charge in [-0.3, -0.25) is 4.79 Å². The highest BCUT2D eigenvalue weighted by atomic mass is 32.1. The lowest BCUT2D eigenvalue weighted by Gasteiger charge is -2.20. The predicted molar refractivity (Wildman–Crippen MR) is 80.0 cm³/mol. The molecule has 0 bridgehead atoms. The summed E-state index contributed by atoms with van der Waals surface area (Å²) >= 11 is 4.98. The highest BCUT2D eigenvalue weighted by Crippen LogP contribution is 2.12. The molecule has 0 aliphatic heterocycles. The van der Waals surface area contributed by atoms with Gasteiger partial charge in [-0.15, -0.1) is 0 Å². The van der Waals surface area contributed by atoms with E-state index in [-0.39, 0.29) is 5.56 Å². The van der Waals surface area contributed by atoms with E-state index in [9.17, 15) is 4.79 Å². The van der Waals surface area contributed by atoms with Crippen LogP contribution in [0.3, 0.4) is 0 Å². The molecule has 0 saturated heterocycles. The van der Waals surface area contributed by atoms with E-state index in [1.165, 1.54) is 0 Å². The second-order valence-electron chi connectivity index (χ2n) is 4.36. The van der Waals surface area contributed by atoms with Gasteiger partial charge >= 0.3 is 0 Å². The number of fused-ring (bicyclic) bond motifs is 1. The Morgan fingerprint density at radius 1 is 1.53 bits per heavy atom. The minimum absolute atomic E-state index is 0.122. The Morgan fingerprint density at radius 3 is 2.89 bits per heavy atom. The number of nitrogens with one attached hydrogen (secondary N) is 1. The smallest absolute Gasteiger partial charge is 0.258 e. The number of rotatable bonds is 3. The maximum Gasteiger partial charge on any atom is 0.258 e. The fourth-order valence-corrected chi connectivity index (χ4v) is 2.16. The first-order chi connectivity index (χ1) is 9.01. The van der Waals surface area contributed by atoms with Crippen LogP contribution in [0.5, 0.6) is 0 Å². The topological polar surface area (TPSA) is 75.0 Å². The van der Waals surface area contributed by atoms with Gasteiger partial charge in [-0.25, -0.2) is 4.98 Å². The van der Waals surface area contributed by atoms with E-state index >= 15 is 0 Å². The second kappa shape index (κ2) is 5.36. The van der Waals surface area contributed by atoms with Crippen molar-refractivity contribution in [2.45, 2.75) is 20.4 Å². The van der Waals surface area contributed by atoms with E-state index in [4.69, 9.17) is 18.0 Å². The molecule has 0 saturated carbocycles. The zero-order chi connectivity index (χ0) is 14.0. The molecule has 0 amide bonds. The van der Waals surface area contributed by atoms with Crippen molar-refractivity contribution in [3.05, 3.63) is 39.9 Å². The number of aromatic amines is 1. The van der Waals surface area contributed by atoms with Crippen LogP contribution in [0.15, 0.2) is 23.0 Å². The summed E-state index contributed by atoms with van der Waals surface area (Å²) in [6.07, 6.45) is 0. The van der Waals surface area contributed by atoms with E-state index in [0.29, 0.717) is 28.4 Å². The Hall–Kier alpha value is -1.95. The molecule has 6 heteroatoms. The van der Waals surface area contributed by atoms with Crippen molar-refractivity contribution < 1.29 is 0 Å². The molecule has 0 spiro atoms. The summed E-state index contributed by atoms with van der Waals surface area (Å²) < 4.78 is 0. The van der Waals surface area contributed by atoms with E-state index in [2.05, 4.69) is 9.97 Å². The summed E-state index contributed by atoms with van der Waals surface area (Å²) in [5, 5.41) is 0.945. The third-order valence-electron chi connectivity index (χ3n) is 2.96. The van der Waals surface area contributed by atoms with Crippen molar-refractivity contribution in [3.8, 4) is 0 Å². The molecule has 5 nitrogen and oxygen atoms in total. The van der Waals surface area contributed by atoms with Crippen molar-refractivity contribution >= 4 is 28.2 Å². The number of benzene rings is 1. The zero-order valence-corrected chi connectivity index (χ0v) is 11.8. The van der Waals surface area contributed by atoms with Crippen LogP contribution < -0.4 is 11.3 Å². The Morgan fingerprint density at radius 2 is 2.26 bits per heavy atom. The van der Waals surface area contributed by atoms with E-state index < -0.39 is 0 Å². The first-order valence-electron chi connectivity index (χ1n) is 6.05. The van der Waals surface area contributed by atoms with Crippen LogP contribution in [0.4, 0.5) is 0 Å². The third kappa shape index (κ3) is 2.90. The van der Waals surface area contributed by atoms with E-state index in [0.717, 1.165) is 12.1 Å². The maximum atomic E-state index is 11.9. The van der Waals surface area contributed by atoms with Crippen LogP contribution >= 0.6 is 12.2 Å². The van der Waals surface area contributed by atoms with Gasteiger partial charge in [0.1, 0.15) is 5.82 Å². The number of hydrogen-bond acceptors (Lipinski definition) is 3. The summed E-state index contributed by atoms with van der Waals surface area (Å²) in [4.78, 5) is 20.7. The number of nitrogens with two attached hydrogens (primary N) is 1. The molecule has 1 aromatic heterocycles. The summed E-state index contributed by atoms with van der Waals surface area (Å²) in [5.41, 5.74) is 7.19. The Bertz CT molecular complexity index is 680. The minimum Gasteiger partial charge on any atom is -0.376 e. The molecule has 100 valence electrons. The number of thiocarbonyl (C=S) groups is 1. The lowest BCUT2D eigenvalue weighted by atomic mass is 10.1. The normalized spacial score (nSPS) is 10.6. The molecule has 19 heavy (non-hydrogen) atoms. The Balaban J connectivity index is 2.42. The molecule has 2 aromatic rings. The molecule has 1 heterocycles. The fourth-order valence-electron chi connectivity index (χ4n) is 1.97. The molecule has 0 atom stereocenters. The van der Waals surface area contributed by atoms with Crippen LogP contribution in [0.1, 0.15) is 18.3 Å². The highest BCUT2D eigenvalue weighted by Gasteiger charge is 2.07. The number of nitrogens with zero attached hydrogens (tertiary/aromatic N) is 2. The third-order valence-corrected chi connectivity index (χ3v) is 3.21. The van der Waals surface area contributed by atoms with Crippen molar-refractivity contribution in [2.75, 3.05) is 6.54 Å². The van der Waals surface area contributed by atoms with Crippen LogP contribution in [-0.2, 0) is 6.54 Å². The van der Waals surface area contributed by atoms with Gasteiger partial charge in [0, 0.05) is 13.1 Å². The first kappa shape index (κ1) is 13.5. The van der Waals surface area contributed by atoms with Gasteiger partial charge in [-0.1, -0.05) is 6.07 Å². The van der Waals surface area contributed by atoms with Gasteiger partial charge in [0.15, 0.2) is 5.11 Å². The lowest BCUT2D eigenvalue weighted by molar-refractivity contribution is 0.439. The molecule has 0 aliphatic carbocycles. The van der Waals surface area contributed by atoms with Crippen LogP contribution in [0, 0.1) is 6.92 Å². The highest BCUT2D eigenvalue weighted by molar-refractivity contribution is 7.80. The number of aryl methyl sites for hydroxylation is 1. The van der Waals surface area contributed by atoms with Crippen LogP contribution in [-0.4, -0.2) is 26.5 Å². The van der Waals surface area contributed by atoms with Crippen molar-refractivity contribution in [3.63, 3.8) is 0 Å². The van der Waals surface area contributed by atoms with Gasteiger partial charge in [-0.05, 0) is 43.8 Å². The van der Waals surface area contributed by atoms with Gasteiger partial charge < -0.3 is 15.6 Å². The van der Waals surface area contributed by atoms with Crippen molar-refractivity contribution in [1.82, 2.24) is 14.9 Å². The standard InChI is InChI=1S/C13H16N4OS/c1-3-17(13(14)19)7-9-4-5-11-10(6-9)12(18)16-8(2)15-11/h4-6H,3,7H2,1-2H3,(H2,14,19)(H,15,16,18). The molecular formula is C13H16N4OS. The van der Waals surface area contributed by atoms with Crippen molar-refractivity contribution in [2.24, 2.45) is 5.73 Å². The molecule has 0 aliphatic rings. The summed E-state index contributed by atoms with van der Waals surface area (Å²) in [6.45, 7) is 5.07.